The van der Waals surface area contributed by atoms with Gasteiger partial charge < -0.3 is 20.1 Å². The maximum Gasteiger partial charge on any atom is 0.330 e. The smallest absolute Gasteiger partial charge is 0.330 e. The summed E-state index contributed by atoms with van der Waals surface area (Å²) in [6.45, 7) is 4.03. The topological polar surface area (TPSA) is 104 Å². The van der Waals surface area contributed by atoms with Crippen molar-refractivity contribution in [2.75, 3.05) is 6.54 Å². The second kappa shape index (κ2) is 6.29. The van der Waals surface area contributed by atoms with Crippen LogP contribution in [0.15, 0.2) is 12.7 Å². The van der Waals surface area contributed by atoms with Crippen molar-refractivity contribution in [3.05, 3.63) is 12.7 Å². The highest BCUT2D eigenvalue weighted by molar-refractivity contribution is 5.94. The Hall–Kier alpha value is -2.18. The molecule has 0 spiro atoms. The van der Waals surface area contributed by atoms with Crippen molar-refractivity contribution < 1.29 is 24.3 Å². The molecule has 2 N–H and O–H groups in total. The lowest BCUT2D eigenvalue weighted by Gasteiger charge is -2.25. The highest BCUT2D eigenvalue weighted by atomic mass is 16.4. The van der Waals surface area contributed by atoms with Gasteiger partial charge in [-0.3, -0.25) is 9.59 Å². The van der Waals surface area contributed by atoms with Crippen LogP contribution in [-0.2, 0) is 19.2 Å². The Morgan fingerprint density at radius 1 is 1.41 bits per heavy atom. The van der Waals surface area contributed by atoms with E-state index in [0.717, 1.165) is 0 Å². The number of likely N-dealkylation sites (tertiary alicyclic amines) is 1. The van der Waals surface area contributed by atoms with Crippen molar-refractivity contribution in [3.8, 4) is 0 Å². The zero-order valence-corrected chi connectivity index (χ0v) is 12.3. The largest absolute Gasteiger partial charge is 0.479 e. The van der Waals surface area contributed by atoms with Gasteiger partial charge in [0, 0.05) is 25.3 Å². The Bertz CT molecular complexity index is 518. The Kier molecular flexibility index (Phi) is 4.63. The van der Waals surface area contributed by atoms with Crippen LogP contribution in [0.3, 0.4) is 0 Å². The van der Waals surface area contributed by atoms with Gasteiger partial charge in [0.15, 0.2) is 0 Å². The third kappa shape index (κ3) is 2.88. The maximum absolute atomic E-state index is 12.4. The molecule has 1 aliphatic heterocycles. The molecule has 1 saturated heterocycles. The molecule has 3 atom stereocenters. The van der Waals surface area contributed by atoms with Crippen molar-refractivity contribution in [1.82, 2.24) is 10.2 Å². The molecule has 1 saturated carbocycles. The molecule has 22 heavy (non-hydrogen) atoms. The molecule has 0 aromatic rings. The second-order valence-electron chi connectivity index (χ2n) is 5.76. The van der Waals surface area contributed by atoms with Crippen LogP contribution in [0.5, 0.6) is 0 Å². The molecule has 0 bridgehead atoms. The van der Waals surface area contributed by atoms with E-state index in [9.17, 15) is 24.3 Å². The molecule has 1 aliphatic carbocycles. The molecule has 1 heterocycles. The summed E-state index contributed by atoms with van der Waals surface area (Å²) in [7, 11) is 0. The number of rotatable bonds is 7. The Morgan fingerprint density at radius 2 is 2.14 bits per heavy atom. The van der Waals surface area contributed by atoms with Crippen LogP contribution in [0.2, 0.25) is 0 Å². The fraction of sp³-hybridized carbons (Fsp3) is 0.600. The summed E-state index contributed by atoms with van der Waals surface area (Å²) in [5.41, 5.74) is -1.28. The molecule has 2 aliphatic rings. The molecule has 0 aromatic heterocycles. The highest BCUT2D eigenvalue weighted by Gasteiger charge is 2.60. The molecule has 120 valence electrons. The van der Waals surface area contributed by atoms with Gasteiger partial charge in [0.1, 0.15) is 17.9 Å². The minimum absolute atomic E-state index is 0.0760. The average molecular weight is 308 g/mol. The molecule has 2 amide bonds. The van der Waals surface area contributed by atoms with Crippen molar-refractivity contribution in [2.45, 2.75) is 43.7 Å². The zero-order chi connectivity index (χ0) is 16.3. The summed E-state index contributed by atoms with van der Waals surface area (Å²) >= 11 is 0. The summed E-state index contributed by atoms with van der Waals surface area (Å²) < 4.78 is 0. The molecule has 2 unspecified atom stereocenters. The van der Waals surface area contributed by atoms with Gasteiger partial charge in [-0.1, -0.05) is 6.08 Å². The Balaban J connectivity index is 2.02. The van der Waals surface area contributed by atoms with E-state index in [4.69, 9.17) is 0 Å². The number of nitrogens with zero attached hydrogens (tertiary/aromatic N) is 1. The van der Waals surface area contributed by atoms with Crippen LogP contribution in [0.25, 0.3) is 0 Å². The highest BCUT2D eigenvalue weighted by Crippen LogP contribution is 2.44. The van der Waals surface area contributed by atoms with Crippen molar-refractivity contribution in [1.29, 1.82) is 0 Å². The summed E-state index contributed by atoms with van der Waals surface area (Å²) in [6.07, 6.45) is 3.91. The average Bonchev–Trinajstić information content (AvgIpc) is 2.98. The van der Waals surface area contributed by atoms with Crippen LogP contribution in [-0.4, -0.2) is 52.2 Å². The first-order chi connectivity index (χ1) is 10.5. The first kappa shape index (κ1) is 16.2. The van der Waals surface area contributed by atoms with E-state index in [-0.39, 0.29) is 24.7 Å². The number of carboxylic acids is 1. The van der Waals surface area contributed by atoms with Gasteiger partial charge in [-0.2, -0.15) is 0 Å². The number of amides is 2. The number of carboxylic acid groups (broad SMARTS) is 1. The van der Waals surface area contributed by atoms with E-state index < -0.39 is 23.5 Å². The minimum Gasteiger partial charge on any atom is -0.479 e. The summed E-state index contributed by atoms with van der Waals surface area (Å²) in [4.78, 5) is 47.6. The molecule has 2 fully saturated rings. The number of hydrogen-bond acceptors (Lipinski definition) is 4. The fourth-order valence-corrected chi connectivity index (χ4v) is 2.98. The quantitative estimate of drug-likeness (QED) is 0.513. The van der Waals surface area contributed by atoms with Gasteiger partial charge in [0.2, 0.25) is 11.8 Å². The van der Waals surface area contributed by atoms with Crippen molar-refractivity contribution >= 4 is 24.1 Å². The number of aliphatic carboxylic acids is 1. The van der Waals surface area contributed by atoms with Gasteiger partial charge >= 0.3 is 5.97 Å². The fourth-order valence-electron chi connectivity index (χ4n) is 2.98. The third-order valence-electron chi connectivity index (χ3n) is 4.38. The van der Waals surface area contributed by atoms with Crippen LogP contribution < -0.4 is 5.32 Å². The lowest BCUT2D eigenvalue weighted by molar-refractivity contribution is -0.145. The lowest BCUT2D eigenvalue weighted by atomic mass is 10.1. The van der Waals surface area contributed by atoms with E-state index in [0.29, 0.717) is 32.1 Å². The molecular weight excluding hydrogens is 288 g/mol. The summed E-state index contributed by atoms with van der Waals surface area (Å²) in [5.74, 6) is -2.05. The molecular formula is C15H20N2O5. The maximum atomic E-state index is 12.4. The van der Waals surface area contributed by atoms with E-state index in [2.05, 4.69) is 11.9 Å². The standard InChI is InChI=1S/C15H20N2O5/c1-2-10-9-15(10,14(21)22)16-13(20)11-5-3-7-17(11)12(19)6-4-8-18/h2,8,10-11H,1,3-7,9H2,(H,16,20)(H,21,22)/t10?,11-,15?/m0/s1. The normalized spacial score (nSPS) is 29.7. The molecule has 0 radical (unpaired) electrons. The SMILES string of the molecule is C=CC1CC1(NC(=O)[C@@H]1CCCN1C(=O)CCC=O)C(=O)O. The number of aldehydes is 1. The van der Waals surface area contributed by atoms with E-state index in [1.165, 1.54) is 11.0 Å². The summed E-state index contributed by atoms with van der Waals surface area (Å²) in [6, 6.07) is -0.651. The predicted molar refractivity (Wildman–Crippen MR) is 76.8 cm³/mol. The molecule has 0 aromatic carbocycles. The predicted octanol–water partition coefficient (Wildman–Crippen LogP) is 0.102. The van der Waals surface area contributed by atoms with Gasteiger partial charge in [-0.25, -0.2) is 4.79 Å². The van der Waals surface area contributed by atoms with Crippen molar-refractivity contribution in [3.63, 3.8) is 0 Å². The van der Waals surface area contributed by atoms with Gasteiger partial charge in [-0.05, 0) is 19.3 Å². The lowest BCUT2D eigenvalue weighted by Crippen LogP contribution is -2.53. The number of carbonyl (C=O) groups is 4. The first-order valence-corrected chi connectivity index (χ1v) is 7.37. The van der Waals surface area contributed by atoms with Crippen LogP contribution in [0.1, 0.15) is 32.1 Å². The van der Waals surface area contributed by atoms with E-state index in [1.54, 1.807) is 0 Å². The number of hydrogen-bond donors (Lipinski definition) is 2. The molecule has 7 nitrogen and oxygen atoms in total. The van der Waals surface area contributed by atoms with Gasteiger partial charge in [-0.15, -0.1) is 6.58 Å². The zero-order valence-electron chi connectivity index (χ0n) is 12.3. The van der Waals surface area contributed by atoms with Crippen LogP contribution in [0.4, 0.5) is 0 Å². The number of nitrogens with one attached hydrogen (secondary N) is 1. The monoisotopic (exact) mass is 308 g/mol. The first-order valence-electron chi connectivity index (χ1n) is 7.37. The third-order valence-corrected chi connectivity index (χ3v) is 4.38. The van der Waals surface area contributed by atoms with Crippen molar-refractivity contribution in [2.24, 2.45) is 5.92 Å². The van der Waals surface area contributed by atoms with Crippen LogP contribution >= 0.6 is 0 Å². The molecule has 7 heteroatoms. The van der Waals surface area contributed by atoms with Crippen LogP contribution in [0, 0.1) is 5.92 Å². The Labute approximate surface area is 128 Å². The summed E-state index contributed by atoms with van der Waals surface area (Å²) in [5, 5.41) is 11.9. The van der Waals surface area contributed by atoms with E-state index >= 15 is 0 Å². The minimum atomic E-state index is -1.28. The molecule has 2 rings (SSSR count). The van der Waals surface area contributed by atoms with Gasteiger partial charge in [0.25, 0.3) is 0 Å². The Morgan fingerprint density at radius 3 is 2.68 bits per heavy atom. The second-order valence-corrected chi connectivity index (χ2v) is 5.76. The van der Waals surface area contributed by atoms with Gasteiger partial charge in [0.05, 0.1) is 0 Å². The number of carbonyl (C=O) groups excluding carboxylic acids is 3. The van der Waals surface area contributed by atoms with E-state index in [1.807, 2.05) is 0 Å².